The van der Waals surface area contributed by atoms with Gasteiger partial charge in [0.1, 0.15) is 4.99 Å². The van der Waals surface area contributed by atoms with Crippen molar-refractivity contribution in [2.24, 2.45) is 5.73 Å². The Morgan fingerprint density at radius 1 is 1.16 bits per heavy atom. The lowest BCUT2D eigenvalue weighted by atomic mass is 10.0. The molecule has 0 saturated carbocycles. The van der Waals surface area contributed by atoms with Gasteiger partial charge >= 0.3 is 0 Å². The van der Waals surface area contributed by atoms with Crippen LogP contribution in [-0.4, -0.2) is 12.0 Å². The summed E-state index contributed by atoms with van der Waals surface area (Å²) in [5, 5.41) is 0. The van der Waals surface area contributed by atoms with E-state index in [1.54, 1.807) is 0 Å². The molecule has 0 spiro atoms. The number of anilines is 1. The quantitative estimate of drug-likeness (QED) is 0.865. The normalized spacial score (nSPS) is 10.2. The summed E-state index contributed by atoms with van der Waals surface area (Å²) in [5.41, 5.74) is 10.3. The van der Waals surface area contributed by atoms with Crippen LogP contribution in [0.15, 0.2) is 48.5 Å². The molecule has 19 heavy (non-hydrogen) atoms. The molecule has 0 aliphatic heterocycles. The van der Waals surface area contributed by atoms with Gasteiger partial charge in [-0.2, -0.15) is 0 Å². The minimum absolute atomic E-state index is 0.450. The molecule has 0 aromatic heterocycles. The number of thiocarbonyl (C=S) groups is 1. The second kappa shape index (κ2) is 5.85. The Morgan fingerprint density at radius 3 is 2.42 bits per heavy atom. The summed E-state index contributed by atoms with van der Waals surface area (Å²) in [6, 6.07) is 16.5. The number of nitrogens with two attached hydrogens (primary N) is 1. The van der Waals surface area contributed by atoms with Gasteiger partial charge in [-0.15, -0.1) is 0 Å². The number of hydrogen-bond acceptors (Lipinski definition) is 2. The minimum atomic E-state index is 0.450. The van der Waals surface area contributed by atoms with E-state index in [0.717, 1.165) is 12.1 Å². The van der Waals surface area contributed by atoms with Gasteiger partial charge in [0.2, 0.25) is 0 Å². The van der Waals surface area contributed by atoms with Crippen molar-refractivity contribution in [1.82, 2.24) is 0 Å². The summed E-state index contributed by atoms with van der Waals surface area (Å²) in [6.45, 7) is 2.96. The van der Waals surface area contributed by atoms with Crippen molar-refractivity contribution in [1.29, 1.82) is 0 Å². The molecule has 2 aromatic carbocycles. The van der Waals surface area contributed by atoms with Crippen LogP contribution in [0.5, 0.6) is 0 Å². The first kappa shape index (κ1) is 13.6. The van der Waals surface area contributed by atoms with Gasteiger partial charge in [-0.25, -0.2) is 0 Å². The summed E-state index contributed by atoms with van der Waals surface area (Å²) in [5.74, 6) is 0. The maximum Gasteiger partial charge on any atom is 0.103 e. The summed E-state index contributed by atoms with van der Waals surface area (Å²) in [4.78, 5) is 2.68. The van der Waals surface area contributed by atoms with Crippen LogP contribution < -0.4 is 10.6 Å². The van der Waals surface area contributed by atoms with E-state index >= 15 is 0 Å². The molecule has 2 aromatic rings. The molecule has 0 heterocycles. The fraction of sp³-hybridized carbons (Fsp3) is 0.188. The maximum atomic E-state index is 5.65. The van der Waals surface area contributed by atoms with Crippen LogP contribution in [0.25, 0.3) is 0 Å². The lowest BCUT2D eigenvalue weighted by molar-refractivity contribution is 0.914. The van der Waals surface area contributed by atoms with Crippen molar-refractivity contribution in [2.75, 3.05) is 11.9 Å². The summed E-state index contributed by atoms with van der Waals surface area (Å²) in [7, 11) is 2.09. The Morgan fingerprint density at radius 2 is 1.84 bits per heavy atom. The molecule has 0 fully saturated rings. The van der Waals surface area contributed by atoms with E-state index in [9.17, 15) is 0 Å². The zero-order valence-electron chi connectivity index (χ0n) is 11.3. The average molecular weight is 270 g/mol. The number of nitrogens with zero attached hydrogens (tertiary/aromatic N) is 1. The Kier molecular flexibility index (Phi) is 4.17. The summed E-state index contributed by atoms with van der Waals surface area (Å²) in [6.07, 6.45) is 0. The van der Waals surface area contributed by atoms with Crippen LogP contribution in [0.2, 0.25) is 0 Å². The SMILES string of the molecule is Cc1cc(C(N)=S)ccc1CN(C)c1ccccc1. The average Bonchev–Trinajstić information content (AvgIpc) is 2.41. The van der Waals surface area contributed by atoms with Crippen molar-refractivity contribution >= 4 is 22.9 Å². The number of para-hydroxylation sites is 1. The van der Waals surface area contributed by atoms with Crippen LogP contribution in [0, 0.1) is 6.92 Å². The zero-order valence-corrected chi connectivity index (χ0v) is 12.1. The van der Waals surface area contributed by atoms with Crippen molar-refractivity contribution in [3.05, 3.63) is 65.2 Å². The molecule has 0 unspecified atom stereocenters. The minimum Gasteiger partial charge on any atom is -0.389 e. The van der Waals surface area contributed by atoms with Gasteiger partial charge in [0.05, 0.1) is 0 Å². The molecule has 3 heteroatoms. The summed E-state index contributed by atoms with van der Waals surface area (Å²) >= 11 is 5.00. The third-order valence-electron chi connectivity index (χ3n) is 3.23. The highest BCUT2D eigenvalue weighted by molar-refractivity contribution is 7.80. The highest BCUT2D eigenvalue weighted by Crippen LogP contribution is 2.18. The standard InChI is InChI=1S/C16H18N2S/c1-12-10-13(16(17)19)8-9-14(12)11-18(2)15-6-4-3-5-7-15/h3-10H,11H2,1-2H3,(H2,17,19). The zero-order chi connectivity index (χ0) is 13.8. The maximum absolute atomic E-state index is 5.65. The predicted molar refractivity (Wildman–Crippen MR) is 85.6 cm³/mol. The van der Waals surface area contributed by atoms with E-state index in [-0.39, 0.29) is 0 Å². The third kappa shape index (κ3) is 3.32. The van der Waals surface area contributed by atoms with Crippen molar-refractivity contribution in [3.63, 3.8) is 0 Å². The van der Waals surface area contributed by atoms with Gasteiger partial charge < -0.3 is 10.6 Å². The van der Waals surface area contributed by atoms with Gasteiger partial charge in [-0.3, -0.25) is 0 Å². The van der Waals surface area contributed by atoms with Crippen molar-refractivity contribution < 1.29 is 0 Å². The molecule has 0 saturated heterocycles. The van der Waals surface area contributed by atoms with E-state index in [4.69, 9.17) is 18.0 Å². The Hall–Kier alpha value is -1.87. The van der Waals surface area contributed by atoms with E-state index in [0.29, 0.717) is 4.99 Å². The highest BCUT2D eigenvalue weighted by Gasteiger charge is 2.06. The smallest absolute Gasteiger partial charge is 0.103 e. The number of hydrogen-bond donors (Lipinski definition) is 1. The Labute approximate surface area is 119 Å². The molecular formula is C16H18N2S. The Balaban J connectivity index is 2.18. The number of rotatable bonds is 4. The molecular weight excluding hydrogens is 252 g/mol. The monoisotopic (exact) mass is 270 g/mol. The lowest BCUT2D eigenvalue weighted by Crippen LogP contribution is -2.17. The fourth-order valence-corrected chi connectivity index (χ4v) is 2.18. The van der Waals surface area contributed by atoms with Crippen LogP contribution >= 0.6 is 12.2 Å². The molecule has 0 bridgehead atoms. The highest BCUT2D eigenvalue weighted by atomic mass is 32.1. The summed E-state index contributed by atoms with van der Waals surface area (Å²) < 4.78 is 0. The van der Waals surface area contributed by atoms with Gasteiger partial charge in [0.15, 0.2) is 0 Å². The largest absolute Gasteiger partial charge is 0.389 e. The van der Waals surface area contributed by atoms with E-state index in [2.05, 4.69) is 55.3 Å². The number of benzene rings is 2. The Bertz CT molecular complexity index is 579. The van der Waals surface area contributed by atoms with E-state index in [1.807, 2.05) is 12.1 Å². The van der Waals surface area contributed by atoms with Gasteiger partial charge in [-0.1, -0.05) is 42.5 Å². The van der Waals surface area contributed by atoms with Crippen LogP contribution in [0.1, 0.15) is 16.7 Å². The molecule has 2 N–H and O–H groups in total. The molecule has 98 valence electrons. The molecule has 0 aliphatic carbocycles. The van der Waals surface area contributed by atoms with Gasteiger partial charge in [-0.05, 0) is 36.2 Å². The van der Waals surface area contributed by atoms with Gasteiger partial charge in [0.25, 0.3) is 0 Å². The van der Waals surface area contributed by atoms with E-state index < -0.39 is 0 Å². The van der Waals surface area contributed by atoms with Crippen molar-refractivity contribution in [3.8, 4) is 0 Å². The van der Waals surface area contributed by atoms with Crippen LogP contribution in [0.3, 0.4) is 0 Å². The topological polar surface area (TPSA) is 29.3 Å². The van der Waals surface area contributed by atoms with E-state index in [1.165, 1.54) is 16.8 Å². The van der Waals surface area contributed by atoms with Crippen LogP contribution in [-0.2, 0) is 6.54 Å². The molecule has 0 aliphatic rings. The third-order valence-corrected chi connectivity index (χ3v) is 3.47. The van der Waals surface area contributed by atoms with Gasteiger partial charge in [0, 0.05) is 24.8 Å². The molecule has 0 atom stereocenters. The molecule has 0 radical (unpaired) electrons. The van der Waals surface area contributed by atoms with Crippen molar-refractivity contribution in [2.45, 2.75) is 13.5 Å². The number of aryl methyl sites for hydroxylation is 1. The fourth-order valence-electron chi connectivity index (χ4n) is 2.06. The molecule has 2 nitrogen and oxygen atoms in total. The second-order valence-corrected chi connectivity index (χ2v) is 5.14. The first-order chi connectivity index (χ1) is 9.08. The first-order valence-corrected chi connectivity index (χ1v) is 6.64. The second-order valence-electron chi connectivity index (χ2n) is 4.70. The molecule has 0 amide bonds. The first-order valence-electron chi connectivity index (χ1n) is 6.23. The predicted octanol–water partition coefficient (Wildman–Crippen LogP) is 3.27. The molecule has 2 rings (SSSR count). The van der Waals surface area contributed by atoms with Crippen LogP contribution in [0.4, 0.5) is 5.69 Å². The lowest BCUT2D eigenvalue weighted by Gasteiger charge is -2.20.